The molecule has 3 atom stereocenters. The Kier molecular flexibility index (Phi) is 6.48. The summed E-state index contributed by atoms with van der Waals surface area (Å²) in [4.78, 5) is 26.8. The number of methoxy groups -OCH3 is 1. The van der Waals surface area contributed by atoms with Gasteiger partial charge in [-0.2, -0.15) is 0 Å². The fraction of sp³-hybridized carbons (Fsp3) is 0.310. The minimum absolute atomic E-state index is 0. The molecule has 4 aromatic rings. The molecule has 0 radical (unpaired) electrons. The molecule has 0 aliphatic carbocycles. The van der Waals surface area contributed by atoms with Crippen LogP contribution in [0, 0.1) is 5.92 Å². The van der Waals surface area contributed by atoms with Crippen molar-refractivity contribution in [2.45, 2.75) is 38.5 Å². The smallest absolute Gasteiger partial charge is 0.259 e. The molecule has 7 nitrogen and oxygen atoms in total. The van der Waals surface area contributed by atoms with Gasteiger partial charge < -0.3 is 19.6 Å². The molecule has 8 heteroatoms. The van der Waals surface area contributed by atoms with Gasteiger partial charge in [0.25, 0.3) is 11.8 Å². The van der Waals surface area contributed by atoms with Crippen LogP contribution in [-0.2, 0) is 34.3 Å². The van der Waals surface area contributed by atoms with Crippen LogP contribution in [-0.4, -0.2) is 40.2 Å². The molecule has 192 valence electrons. The van der Waals surface area contributed by atoms with E-state index < -0.39 is 0 Å². The first-order valence-corrected chi connectivity index (χ1v) is 12.4. The maximum Gasteiger partial charge on any atom is 0.259 e. The van der Waals surface area contributed by atoms with Crippen LogP contribution in [0.5, 0.6) is 0 Å². The number of nitrogens with one attached hydrogen (secondary N) is 1. The molecule has 37 heavy (non-hydrogen) atoms. The Morgan fingerprint density at radius 3 is 2.38 bits per heavy atom. The number of carbonyl (C=O) groups excluding carboxylic acids is 2. The van der Waals surface area contributed by atoms with Crippen molar-refractivity contribution >= 4 is 57.2 Å². The van der Waals surface area contributed by atoms with Gasteiger partial charge in [0.1, 0.15) is 0 Å². The number of aromatic nitrogens is 2. The normalized spacial score (nSPS) is 19.2. The lowest BCUT2D eigenvalue weighted by molar-refractivity contribution is -0.122. The molecule has 4 heterocycles. The van der Waals surface area contributed by atoms with E-state index in [1.54, 1.807) is 7.11 Å². The van der Waals surface area contributed by atoms with E-state index in [0.29, 0.717) is 17.6 Å². The van der Waals surface area contributed by atoms with Gasteiger partial charge in [0.05, 0.1) is 17.3 Å². The molecule has 0 saturated heterocycles. The summed E-state index contributed by atoms with van der Waals surface area (Å²) >= 11 is 0. The summed E-state index contributed by atoms with van der Waals surface area (Å²) in [5, 5.41) is 4.53. The lowest BCUT2D eigenvalue weighted by Crippen LogP contribution is -2.43. The Bertz CT molecular complexity index is 1580. The molecule has 1 unspecified atom stereocenters. The first-order chi connectivity index (χ1) is 17.4. The average Bonchev–Trinajstić information content (AvgIpc) is 3.50. The molecule has 0 bridgehead atoms. The second kappa shape index (κ2) is 9.49. The maximum absolute atomic E-state index is 13.5. The Morgan fingerprint density at radius 2 is 1.65 bits per heavy atom. The quantitative estimate of drug-likeness (QED) is 0.390. The first-order valence-electron chi connectivity index (χ1n) is 12.4. The van der Waals surface area contributed by atoms with Crippen LogP contribution >= 0.6 is 12.4 Å². The number of rotatable bonds is 5. The molecule has 0 saturated carbocycles. The van der Waals surface area contributed by atoms with Gasteiger partial charge in [0.2, 0.25) is 0 Å². The number of para-hydroxylation sites is 2. The molecule has 2 aliphatic heterocycles. The predicted octanol–water partition coefficient (Wildman–Crippen LogP) is 4.05. The standard InChI is InChI=1S/C29H30N4O3.ClH/c1-16(36-3)27(30)17-12-13-33-22-11-7-5-9-19(22)24(23(33)14-17)26-25(28(34)31-29(26)35)20-15-32(2)21-10-6-4-8-18(20)21;/h4-11,15-17,27H,12-14,30H2,1-3H3,(H,31,34,35);1H/t16?,17-,27+;/m0./s1. The molecule has 2 amide bonds. The Labute approximate surface area is 221 Å². The third-order valence-electron chi connectivity index (χ3n) is 8.06. The zero-order chi connectivity index (χ0) is 25.1. The van der Waals surface area contributed by atoms with Crippen molar-refractivity contribution in [2.75, 3.05) is 7.11 Å². The second-order valence-electron chi connectivity index (χ2n) is 9.97. The van der Waals surface area contributed by atoms with Gasteiger partial charge in [-0.3, -0.25) is 14.9 Å². The van der Waals surface area contributed by atoms with Crippen molar-refractivity contribution < 1.29 is 14.3 Å². The fourth-order valence-electron chi connectivity index (χ4n) is 6.11. The van der Waals surface area contributed by atoms with E-state index in [1.807, 2.05) is 67.2 Å². The van der Waals surface area contributed by atoms with E-state index in [0.717, 1.165) is 51.6 Å². The highest BCUT2D eigenvalue weighted by molar-refractivity contribution is 6.51. The number of benzene rings is 2. The molecule has 0 fully saturated rings. The van der Waals surface area contributed by atoms with Crippen LogP contribution in [0.2, 0.25) is 0 Å². The second-order valence-corrected chi connectivity index (χ2v) is 9.97. The summed E-state index contributed by atoms with van der Waals surface area (Å²) in [6, 6.07) is 16.0. The Balaban J connectivity index is 0.00000280. The van der Waals surface area contributed by atoms with E-state index in [1.165, 1.54) is 0 Å². The largest absolute Gasteiger partial charge is 0.380 e. The number of aryl methyl sites for hydroxylation is 2. The van der Waals surface area contributed by atoms with E-state index in [2.05, 4.69) is 16.0 Å². The zero-order valence-corrected chi connectivity index (χ0v) is 22.0. The molecule has 3 N–H and O–H groups in total. The number of carbonyl (C=O) groups is 2. The predicted molar refractivity (Wildman–Crippen MR) is 148 cm³/mol. The summed E-state index contributed by atoms with van der Waals surface area (Å²) in [6.45, 7) is 2.80. The third kappa shape index (κ3) is 3.81. The monoisotopic (exact) mass is 518 g/mol. The summed E-state index contributed by atoms with van der Waals surface area (Å²) in [7, 11) is 3.64. The van der Waals surface area contributed by atoms with E-state index in [9.17, 15) is 9.59 Å². The third-order valence-corrected chi connectivity index (χ3v) is 8.06. The highest BCUT2D eigenvalue weighted by Crippen LogP contribution is 2.43. The topological polar surface area (TPSA) is 91.3 Å². The van der Waals surface area contributed by atoms with Crippen LogP contribution in [0.25, 0.3) is 33.0 Å². The summed E-state index contributed by atoms with van der Waals surface area (Å²) in [6.07, 6.45) is 3.52. The zero-order valence-electron chi connectivity index (χ0n) is 21.2. The van der Waals surface area contributed by atoms with Crippen LogP contribution in [0.1, 0.15) is 30.2 Å². The highest BCUT2D eigenvalue weighted by atomic mass is 35.5. The van der Waals surface area contributed by atoms with Gasteiger partial charge in [-0.15, -0.1) is 12.4 Å². The number of nitrogens with two attached hydrogens (primary N) is 1. The van der Waals surface area contributed by atoms with E-state index >= 15 is 0 Å². The van der Waals surface area contributed by atoms with Crippen LogP contribution in [0.3, 0.4) is 0 Å². The number of amides is 2. The lowest BCUT2D eigenvalue weighted by atomic mass is 9.84. The first kappa shape index (κ1) is 25.3. The number of hydrogen-bond donors (Lipinski definition) is 2. The van der Waals surface area contributed by atoms with Crippen LogP contribution in [0.4, 0.5) is 0 Å². The van der Waals surface area contributed by atoms with Gasteiger partial charge in [-0.05, 0) is 37.8 Å². The molecule has 0 spiro atoms. The van der Waals surface area contributed by atoms with Gasteiger partial charge in [-0.1, -0.05) is 36.4 Å². The summed E-state index contributed by atoms with van der Waals surface area (Å²) in [5.41, 5.74) is 12.3. The summed E-state index contributed by atoms with van der Waals surface area (Å²) < 4.78 is 9.84. The SMILES string of the molecule is COC(C)[C@@H](N)[C@H]1CCn2c(c(C3=C(c4cn(C)c5ccccc45)C(=O)NC3=O)c3ccccc32)C1.Cl. The number of imide groups is 1. The van der Waals surface area contributed by atoms with Crippen molar-refractivity contribution in [3.8, 4) is 0 Å². The van der Waals surface area contributed by atoms with Crippen molar-refractivity contribution in [1.29, 1.82) is 0 Å². The maximum atomic E-state index is 13.5. The molecule has 2 aromatic heterocycles. The summed E-state index contributed by atoms with van der Waals surface area (Å²) in [5.74, 6) is -0.497. The van der Waals surface area contributed by atoms with Gasteiger partial charge >= 0.3 is 0 Å². The van der Waals surface area contributed by atoms with E-state index in [-0.39, 0.29) is 42.3 Å². The van der Waals surface area contributed by atoms with Gasteiger partial charge in [0.15, 0.2) is 0 Å². The average molecular weight is 519 g/mol. The molecule has 6 rings (SSSR count). The minimum atomic E-state index is -0.354. The molecular formula is C29H31ClN4O3. The lowest BCUT2D eigenvalue weighted by Gasteiger charge is -2.32. The Hall–Kier alpha value is -3.39. The van der Waals surface area contributed by atoms with Gasteiger partial charge in [-0.25, -0.2) is 0 Å². The van der Waals surface area contributed by atoms with Crippen molar-refractivity contribution in [3.05, 3.63) is 71.5 Å². The number of ether oxygens (including phenoxy) is 1. The minimum Gasteiger partial charge on any atom is -0.380 e. The number of nitrogens with zero attached hydrogens (tertiary/aromatic N) is 2. The van der Waals surface area contributed by atoms with Crippen LogP contribution < -0.4 is 11.1 Å². The highest BCUT2D eigenvalue weighted by Gasteiger charge is 2.39. The van der Waals surface area contributed by atoms with Gasteiger partial charge in [0, 0.05) is 71.6 Å². The molecule has 2 aliphatic rings. The van der Waals surface area contributed by atoms with Crippen molar-refractivity contribution in [2.24, 2.45) is 18.7 Å². The Morgan fingerprint density at radius 1 is 1.00 bits per heavy atom. The van der Waals surface area contributed by atoms with E-state index in [4.69, 9.17) is 10.5 Å². The van der Waals surface area contributed by atoms with Crippen molar-refractivity contribution in [1.82, 2.24) is 14.5 Å². The number of fused-ring (bicyclic) bond motifs is 4. The molecular weight excluding hydrogens is 488 g/mol. The van der Waals surface area contributed by atoms with Crippen molar-refractivity contribution in [3.63, 3.8) is 0 Å². The van der Waals surface area contributed by atoms with Crippen LogP contribution in [0.15, 0.2) is 54.7 Å². The molecule has 2 aromatic carbocycles. The number of halogens is 1. The number of hydrogen-bond acceptors (Lipinski definition) is 4. The fourth-order valence-corrected chi connectivity index (χ4v) is 6.11.